The molecule has 1 aromatic carbocycles. The predicted molar refractivity (Wildman–Crippen MR) is 115 cm³/mol. The summed E-state index contributed by atoms with van der Waals surface area (Å²) in [6.07, 6.45) is 4.04. The monoisotopic (exact) mass is 406 g/mol. The molecule has 1 saturated heterocycles. The van der Waals surface area contributed by atoms with E-state index in [2.05, 4.69) is 14.9 Å². The minimum atomic E-state index is -0.449. The van der Waals surface area contributed by atoms with Crippen molar-refractivity contribution >= 4 is 38.7 Å². The summed E-state index contributed by atoms with van der Waals surface area (Å²) in [6.45, 7) is 5.66. The van der Waals surface area contributed by atoms with Crippen LogP contribution in [0.15, 0.2) is 35.9 Å². The highest BCUT2D eigenvalue weighted by atomic mass is 32.1. The Morgan fingerprint density at radius 1 is 1.45 bits per heavy atom. The standard InChI is InChI=1S/C22H22N4O2S/c1-14-10-16(15(2)26(14)13-18-6-5-9-28-18)11-17(12-23)21(27)25-22-24-19-7-3-4-8-20(19)29-22/h3-4,7-8,10-11,18H,5-6,9,13H2,1-2H3,(H,24,25,27)/b17-11+/t18-/m0/s1. The van der Waals surface area contributed by atoms with Crippen molar-refractivity contribution < 1.29 is 9.53 Å². The number of hydrogen-bond donors (Lipinski definition) is 1. The molecule has 6 nitrogen and oxygen atoms in total. The van der Waals surface area contributed by atoms with Gasteiger partial charge in [0.1, 0.15) is 11.6 Å². The van der Waals surface area contributed by atoms with Crippen molar-refractivity contribution in [3.05, 3.63) is 52.9 Å². The van der Waals surface area contributed by atoms with E-state index in [1.807, 2.05) is 50.2 Å². The van der Waals surface area contributed by atoms with Gasteiger partial charge >= 0.3 is 0 Å². The number of anilines is 1. The molecule has 1 fully saturated rings. The van der Waals surface area contributed by atoms with Gasteiger partial charge in [-0.05, 0) is 56.5 Å². The highest BCUT2D eigenvalue weighted by Crippen LogP contribution is 2.26. The zero-order chi connectivity index (χ0) is 20.4. The van der Waals surface area contributed by atoms with Crippen LogP contribution in [0.3, 0.4) is 0 Å². The van der Waals surface area contributed by atoms with Gasteiger partial charge in [-0.2, -0.15) is 5.26 Å². The molecule has 3 heterocycles. The lowest BCUT2D eigenvalue weighted by Gasteiger charge is -2.14. The van der Waals surface area contributed by atoms with Crippen molar-refractivity contribution in [2.45, 2.75) is 39.3 Å². The van der Waals surface area contributed by atoms with Gasteiger partial charge in [0, 0.05) is 24.5 Å². The van der Waals surface area contributed by atoms with E-state index in [-0.39, 0.29) is 11.7 Å². The normalized spacial score (nSPS) is 16.9. The van der Waals surface area contributed by atoms with Crippen LogP contribution >= 0.6 is 11.3 Å². The fraction of sp³-hybridized carbons (Fsp3) is 0.318. The highest BCUT2D eigenvalue weighted by Gasteiger charge is 2.19. The summed E-state index contributed by atoms with van der Waals surface area (Å²) in [4.78, 5) is 17.0. The molecule has 4 rings (SSSR count). The van der Waals surface area contributed by atoms with Gasteiger partial charge in [-0.25, -0.2) is 4.98 Å². The molecule has 2 aromatic heterocycles. The Kier molecular flexibility index (Phi) is 5.47. The Labute approximate surface area is 173 Å². The molecule has 148 valence electrons. The maximum absolute atomic E-state index is 12.6. The van der Waals surface area contributed by atoms with Crippen molar-refractivity contribution in [2.75, 3.05) is 11.9 Å². The third-order valence-electron chi connectivity index (χ3n) is 5.20. The molecule has 0 unspecified atom stereocenters. The van der Waals surface area contributed by atoms with Crippen LogP contribution < -0.4 is 5.32 Å². The smallest absolute Gasteiger partial charge is 0.268 e. The predicted octanol–water partition coefficient (Wildman–Crippen LogP) is 4.44. The van der Waals surface area contributed by atoms with Crippen molar-refractivity contribution in [2.24, 2.45) is 0 Å². The fourth-order valence-corrected chi connectivity index (χ4v) is 4.50. The molecule has 1 atom stereocenters. The van der Waals surface area contributed by atoms with Crippen molar-refractivity contribution in [3.8, 4) is 6.07 Å². The second kappa shape index (κ2) is 8.19. The number of rotatable bonds is 5. The van der Waals surface area contributed by atoms with E-state index in [9.17, 15) is 10.1 Å². The van der Waals surface area contributed by atoms with E-state index in [4.69, 9.17) is 4.74 Å². The molecule has 0 radical (unpaired) electrons. The number of aryl methyl sites for hydroxylation is 1. The number of benzene rings is 1. The number of hydrogen-bond acceptors (Lipinski definition) is 5. The van der Waals surface area contributed by atoms with Crippen LogP contribution in [0.2, 0.25) is 0 Å². The van der Waals surface area contributed by atoms with E-state index in [0.717, 1.165) is 53.2 Å². The van der Waals surface area contributed by atoms with Crippen LogP contribution in [-0.2, 0) is 16.1 Å². The van der Waals surface area contributed by atoms with Gasteiger partial charge in [0.05, 0.1) is 16.3 Å². The molecule has 0 bridgehead atoms. The molecule has 1 N–H and O–H groups in total. The molecule has 3 aromatic rings. The van der Waals surface area contributed by atoms with Gasteiger partial charge in [0.15, 0.2) is 5.13 Å². The number of para-hydroxylation sites is 1. The Hall–Kier alpha value is -2.95. The summed E-state index contributed by atoms with van der Waals surface area (Å²) in [7, 11) is 0. The minimum absolute atomic E-state index is 0.0571. The van der Waals surface area contributed by atoms with Crippen LogP contribution in [0.4, 0.5) is 5.13 Å². The van der Waals surface area contributed by atoms with Gasteiger partial charge < -0.3 is 9.30 Å². The average Bonchev–Trinajstić information content (AvgIpc) is 3.42. The molecule has 0 saturated carbocycles. The first kappa shape index (κ1) is 19.4. The number of nitrogens with one attached hydrogen (secondary N) is 1. The number of nitriles is 1. The van der Waals surface area contributed by atoms with E-state index >= 15 is 0 Å². The number of nitrogens with zero attached hydrogens (tertiary/aromatic N) is 3. The zero-order valence-corrected chi connectivity index (χ0v) is 17.3. The van der Waals surface area contributed by atoms with E-state index in [1.165, 1.54) is 11.3 Å². The van der Waals surface area contributed by atoms with Crippen molar-refractivity contribution in [1.82, 2.24) is 9.55 Å². The third-order valence-corrected chi connectivity index (χ3v) is 6.15. The summed E-state index contributed by atoms with van der Waals surface area (Å²) < 4.78 is 8.93. The lowest BCUT2D eigenvalue weighted by Crippen LogP contribution is -2.17. The van der Waals surface area contributed by atoms with E-state index in [1.54, 1.807) is 6.08 Å². The molecule has 29 heavy (non-hydrogen) atoms. The number of fused-ring (bicyclic) bond motifs is 1. The number of carbonyl (C=O) groups excluding carboxylic acids is 1. The summed E-state index contributed by atoms with van der Waals surface area (Å²) in [6, 6.07) is 11.7. The van der Waals surface area contributed by atoms with Crippen LogP contribution in [0.5, 0.6) is 0 Å². The number of thiazole rings is 1. The second-order valence-corrected chi connectivity index (χ2v) is 8.21. The Morgan fingerprint density at radius 3 is 3.00 bits per heavy atom. The number of ether oxygens (including phenoxy) is 1. The zero-order valence-electron chi connectivity index (χ0n) is 16.4. The topological polar surface area (TPSA) is 79.9 Å². The second-order valence-electron chi connectivity index (χ2n) is 7.18. The molecule has 1 amide bonds. The SMILES string of the molecule is Cc1cc(/C=C(\C#N)C(=O)Nc2nc3ccccc3s2)c(C)n1C[C@@H]1CCCO1. The first-order valence-corrected chi connectivity index (χ1v) is 10.4. The number of amides is 1. The van der Waals surface area contributed by atoms with E-state index in [0.29, 0.717) is 5.13 Å². The van der Waals surface area contributed by atoms with Crippen molar-refractivity contribution in [1.29, 1.82) is 5.26 Å². The van der Waals surface area contributed by atoms with Crippen LogP contribution in [-0.4, -0.2) is 28.2 Å². The largest absolute Gasteiger partial charge is 0.376 e. The minimum Gasteiger partial charge on any atom is -0.376 e. The third kappa shape index (κ3) is 4.09. The van der Waals surface area contributed by atoms with Gasteiger partial charge in [0.25, 0.3) is 5.91 Å². The van der Waals surface area contributed by atoms with Crippen molar-refractivity contribution in [3.63, 3.8) is 0 Å². The summed E-state index contributed by atoms with van der Waals surface area (Å²) in [5.74, 6) is -0.449. The maximum atomic E-state index is 12.6. The molecule has 7 heteroatoms. The number of carbonyl (C=O) groups is 1. The molecule has 1 aliphatic rings. The summed E-state index contributed by atoms with van der Waals surface area (Å²) in [5, 5.41) is 12.8. The molecule has 0 aliphatic carbocycles. The lowest BCUT2D eigenvalue weighted by molar-refractivity contribution is -0.112. The lowest BCUT2D eigenvalue weighted by atomic mass is 10.1. The van der Waals surface area contributed by atoms with Crippen LogP contribution in [0.25, 0.3) is 16.3 Å². The number of aromatic nitrogens is 2. The average molecular weight is 407 g/mol. The fourth-order valence-electron chi connectivity index (χ4n) is 3.64. The Balaban J connectivity index is 1.55. The first-order chi connectivity index (χ1) is 14.0. The van der Waals surface area contributed by atoms with Crippen LogP contribution in [0.1, 0.15) is 29.8 Å². The quantitative estimate of drug-likeness (QED) is 0.502. The van der Waals surface area contributed by atoms with Gasteiger partial charge in [-0.1, -0.05) is 23.5 Å². The molecular formula is C22H22N4O2S. The Bertz CT molecular complexity index is 1100. The van der Waals surface area contributed by atoms with Crippen LogP contribution in [0, 0.1) is 25.2 Å². The highest BCUT2D eigenvalue weighted by molar-refractivity contribution is 7.22. The Morgan fingerprint density at radius 2 is 2.28 bits per heavy atom. The van der Waals surface area contributed by atoms with Gasteiger partial charge in [-0.3, -0.25) is 10.1 Å². The summed E-state index contributed by atoms with van der Waals surface area (Å²) >= 11 is 1.39. The maximum Gasteiger partial charge on any atom is 0.268 e. The molecule has 1 aliphatic heterocycles. The van der Waals surface area contributed by atoms with Gasteiger partial charge in [0.2, 0.25) is 0 Å². The first-order valence-electron chi connectivity index (χ1n) is 9.62. The van der Waals surface area contributed by atoms with E-state index < -0.39 is 5.91 Å². The molecular weight excluding hydrogens is 384 g/mol. The molecule has 0 spiro atoms. The van der Waals surface area contributed by atoms with Gasteiger partial charge in [-0.15, -0.1) is 0 Å². The summed E-state index contributed by atoms with van der Waals surface area (Å²) in [5.41, 5.74) is 3.87.